The Hall–Kier alpha value is -1.19. The molecule has 0 radical (unpaired) electrons. The fourth-order valence-corrected chi connectivity index (χ4v) is 1.77. The molecule has 0 spiro atoms. The molecule has 0 aliphatic carbocycles. The first-order chi connectivity index (χ1) is 6.76. The summed E-state index contributed by atoms with van der Waals surface area (Å²) in [4.78, 5) is 3.18. The van der Waals surface area contributed by atoms with Crippen LogP contribution in [0.1, 0.15) is 5.69 Å². The second-order valence-electron chi connectivity index (χ2n) is 3.04. The smallest absolute Gasteiger partial charge is 0.146 e. The highest BCUT2D eigenvalue weighted by Gasteiger charge is 2.08. The molecule has 74 valence electrons. The number of hydrogen-bond donors (Lipinski definition) is 2. The topological polar surface area (TPSA) is 51.0 Å². The lowest BCUT2D eigenvalue weighted by Crippen LogP contribution is -1.94. The second-order valence-corrected chi connectivity index (χ2v) is 3.45. The van der Waals surface area contributed by atoms with Crippen LogP contribution >= 0.6 is 11.6 Å². The number of aromatic amines is 1. The van der Waals surface area contributed by atoms with Gasteiger partial charge in [-0.1, -0.05) is 11.6 Å². The first kappa shape index (κ1) is 9.37. The molecule has 1 aromatic heterocycles. The maximum absolute atomic E-state index is 5.99. The van der Waals surface area contributed by atoms with Gasteiger partial charge in [-0.05, 0) is 18.2 Å². The van der Waals surface area contributed by atoms with E-state index in [4.69, 9.17) is 22.1 Å². The molecule has 0 atom stereocenters. The minimum atomic E-state index is 0.482. The molecule has 0 saturated carbocycles. The van der Waals surface area contributed by atoms with Crippen molar-refractivity contribution in [2.45, 2.75) is 6.54 Å². The monoisotopic (exact) mass is 210 g/mol. The van der Waals surface area contributed by atoms with Gasteiger partial charge < -0.3 is 15.5 Å². The van der Waals surface area contributed by atoms with Crippen molar-refractivity contribution in [1.82, 2.24) is 4.98 Å². The number of hydrogen-bond acceptors (Lipinski definition) is 2. The number of halogens is 1. The zero-order valence-electron chi connectivity index (χ0n) is 7.80. The standard InChI is InChI=1S/C10H11ClN2O/c1-14-10-7-4-6(5-12)13-9(7)3-2-8(10)11/h2-4,13H,5,12H2,1H3. The Bertz CT molecular complexity index is 464. The van der Waals surface area contributed by atoms with Crippen LogP contribution in [-0.4, -0.2) is 12.1 Å². The molecule has 3 nitrogen and oxygen atoms in total. The third-order valence-electron chi connectivity index (χ3n) is 2.19. The summed E-state index contributed by atoms with van der Waals surface area (Å²) in [7, 11) is 1.61. The van der Waals surface area contributed by atoms with Gasteiger partial charge in [0.2, 0.25) is 0 Å². The Labute approximate surface area is 86.8 Å². The minimum Gasteiger partial charge on any atom is -0.494 e. The number of rotatable bonds is 2. The summed E-state index contributed by atoms with van der Waals surface area (Å²) in [6, 6.07) is 5.68. The Morgan fingerprint density at radius 3 is 2.93 bits per heavy atom. The van der Waals surface area contributed by atoms with E-state index >= 15 is 0 Å². The number of ether oxygens (including phenoxy) is 1. The van der Waals surface area contributed by atoms with E-state index < -0.39 is 0 Å². The van der Waals surface area contributed by atoms with Crippen LogP contribution in [0.25, 0.3) is 10.9 Å². The van der Waals surface area contributed by atoms with E-state index in [-0.39, 0.29) is 0 Å². The summed E-state index contributed by atoms with van der Waals surface area (Å²) in [5, 5.41) is 1.59. The van der Waals surface area contributed by atoms with Crippen LogP contribution in [0.2, 0.25) is 5.02 Å². The third-order valence-corrected chi connectivity index (χ3v) is 2.48. The molecule has 0 aliphatic heterocycles. The normalized spacial score (nSPS) is 10.8. The van der Waals surface area contributed by atoms with E-state index in [9.17, 15) is 0 Å². The lowest BCUT2D eigenvalue weighted by Gasteiger charge is -2.03. The highest BCUT2D eigenvalue weighted by atomic mass is 35.5. The fourth-order valence-electron chi connectivity index (χ4n) is 1.53. The number of nitrogens with one attached hydrogen (secondary N) is 1. The molecule has 0 saturated heterocycles. The van der Waals surface area contributed by atoms with Gasteiger partial charge in [-0.25, -0.2) is 0 Å². The van der Waals surface area contributed by atoms with Gasteiger partial charge in [-0.3, -0.25) is 0 Å². The highest BCUT2D eigenvalue weighted by Crippen LogP contribution is 2.33. The lowest BCUT2D eigenvalue weighted by molar-refractivity contribution is 0.420. The summed E-state index contributed by atoms with van der Waals surface area (Å²) in [5.41, 5.74) is 7.50. The van der Waals surface area contributed by atoms with E-state index in [2.05, 4.69) is 4.98 Å². The fraction of sp³-hybridized carbons (Fsp3) is 0.200. The number of methoxy groups -OCH3 is 1. The maximum atomic E-state index is 5.99. The van der Waals surface area contributed by atoms with Crippen LogP contribution in [0, 0.1) is 0 Å². The van der Waals surface area contributed by atoms with Crippen molar-refractivity contribution >= 4 is 22.5 Å². The number of aromatic nitrogens is 1. The second kappa shape index (κ2) is 3.52. The molecule has 0 bridgehead atoms. The van der Waals surface area contributed by atoms with Gasteiger partial charge in [-0.2, -0.15) is 0 Å². The number of nitrogens with two attached hydrogens (primary N) is 1. The molecule has 1 aromatic carbocycles. The Morgan fingerprint density at radius 2 is 2.29 bits per heavy atom. The SMILES string of the molecule is COc1c(Cl)ccc2[nH]c(CN)cc12. The highest BCUT2D eigenvalue weighted by molar-refractivity contribution is 6.33. The van der Waals surface area contributed by atoms with Crippen molar-refractivity contribution in [3.8, 4) is 5.75 Å². The van der Waals surface area contributed by atoms with Crippen LogP contribution in [0.3, 0.4) is 0 Å². The first-order valence-corrected chi connectivity index (χ1v) is 4.68. The average Bonchev–Trinajstić information content (AvgIpc) is 2.60. The molecular weight excluding hydrogens is 200 g/mol. The van der Waals surface area contributed by atoms with Crippen molar-refractivity contribution in [1.29, 1.82) is 0 Å². The van der Waals surface area contributed by atoms with Crippen molar-refractivity contribution < 1.29 is 4.74 Å². The van der Waals surface area contributed by atoms with Gasteiger partial charge in [0.25, 0.3) is 0 Å². The average molecular weight is 211 g/mol. The Morgan fingerprint density at radius 1 is 1.50 bits per heavy atom. The summed E-state index contributed by atoms with van der Waals surface area (Å²) in [5.74, 6) is 0.695. The van der Waals surface area contributed by atoms with Gasteiger partial charge >= 0.3 is 0 Å². The molecule has 14 heavy (non-hydrogen) atoms. The molecule has 0 amide bonds. The molecule has 2 aromatic rings. The van der Waals surface area contributed by atoms with Gasteiger partial charge in [0, 0.05) is 23.1 Å². The molecule has 0 unspecified atom stereocenters. The maximum Gasteiger partial charge on any atom is 0.146 e. The van der Waals surface area contributed by atoms with Gasteiger partial charge in [-0.15, -0.1) is 0 Å². The third kappa shape index (κ3) is 1.35. The van der Waals surface area contributed by atoms with Crippen LogP contribution in [0.4, 0.5) is 0 Å². The molecule has 1 heterocycles. The van der Waals surface area contributed by atoms with Crippen molar-refractivity contribution in [3.63, 3.8) is 0 Å². The lowest BCUT2D eigenvalue weighted by atomic mass is 10.2. The zero-order valence-corrected chi connectivity index (χ0v) is 8.56. The Balaban J connectivity index is 2.73. The largest absolute Gasteiger partial charge is 0.494 e. The predicted molar refractivity (Wildman–Crippen MR) is 57.8 cm³/mol. The van der Waals surface area contributed by atoms with E-state index in [0.29, 0.717) is 17.3 Å². The van der Waals surface area contributed by atoms with Crippen molar-refractivity contribution in [2.75, 3.05) is 7.11 Å². The number of benzene rings is 1. The van der Waals surface area contributed by atoms with E-state index in [1.54, 1.807) is 13.2 Å². The molecule has 3 N–H and O–H groups in total. The van der Waals surface area contributed by atoms with Crippen LogP contribution in [0.5, 0.6) is 5.75 Å². The number of fused-ring (bicyclic) bond motifs is 1. The van der Waals surface area contributed by atoms with Crippen molar-refractivity contribution in [3.05, 3.63) is 28.9 Å². The minimum absolute atomic E-state index is 0.482. The van der Waals surface area contributed by atoms with E-state index in [1.165, 1.54) is 0 Å². The van der Waals surface area contributed by atoms with Gasteiger partial charge in [0.05, 0.1) is 12.1 Å². The van der Waals surface area contributed by atoms with Gasteiger partial charge in [0.15, 0.2) is 0 Å². The summed E-state index contributed by atoms with van der Waals surface area (Å²) in [6.45, 7) is 0.482. The van der Waals surface area contributed by atoms with Gasteiger partial charge in [0.1, 0.15) is 5.75 Å². The predicted octanol–water partition coefficient (Wildman–Crippen LogP) is 2.29. The molecule has 4 heteroatoms. The number of H-pyrrole nitrogens is 1. The van der Waals surface area contributed by atoms with Crippen molar-refractivity contribution in [2.24, 2.45) is 5.73 Å². The molecule has 0 aliphatic rings. The molecule has 2 rings (SSSR count). The van der Waals surface area contributed by atoms with E-state index in [1.807, 2.05) is 12.1 Å². The Kier molecular flexibility index (Phi) is 2.35. The van der Waals surface area contributed by atoms with E-state index in [0.717, 1.165) is 16.6 Å². The first-order valence-electron chi connectivity index (χ1n) is 4.30. The van der Waals surface area contributed by atoms with Crippen LogP contribution in [-0.2, 0) is 6.54 Å². The molecule has 0 fully saturated rings. The zero-order chi connectivity index (χ0) is 10.1. The quantitative estimate of drug-likeness (QED) is 0.799. The summed E-state index contributed by atoms with van der Waals surface area (Å²) < 4.78 is 5.22. The summed E-state index contributed by atoms with van der Waals surface area (Å²) >= 11 is 5.99. The van der Waals surface area contributed by atoms with Crippen LogP contribution < -0.4 is 10.5 Å². The summed E-state index contributed by atoms with van der Waals surface area (Å²) in [6.07, 6.45) is 0. The van der Waals surface area contributed by atoms with Crippen LogP contribution in [0.15, 0.2) is 18.2 Å². The molecular formula is C10H11ClN2O.